The Kier molecular flexibility index (Phi) is 3.26. The number of hydrogen-bond donors (Lipinski definition) is 2. The molecule has 2 heterocycles. The standard InChI is InChI=1S/C4H8O3.C3H6O/c5-1-3(6)4-2-7-4;1-3-2-4-3/h3-6H,1-2H2;3H,2H2,1H3. The van der Waals surface area contributed by atoms with Crippen LogP contribution in [0.4, 0.5) is 0 Å². The Labute approximate surface area is 65.7 Å². The minimum Gasteiger partial charge on any atom is -0.394 e. The minimum atomic E-state index is -0.653. The monoisotopic (exact) mass is 162 g/mol. The maximum Gasteiger partial charge on any atom is 0.109 e. The van der Waals surface area contributed by atoms with Crippen molar-refractivity contribution in [2.24, 2.45) is 0 Å². The maximum atomic E-state index is 8.62. The first-order valence-electron chi connectivity index (χ1n) is 3.76. The van der Waals surface area contributed by atoms with Gasteiger partial charge in [0.05, 0.1) is 25.9 Å². The van der Waals surface area contributed by atoms with Crippen molar-refractivity contribution in [2.75, 3.05) is 19.8 Å². The highest BCUT2D eigenvalue weighted by atomic mass is 16.6. The molecule has 0 saturated carbocycles. The van der Waals surface area contributed by atoms with Gasteiger partial charge in [-0.25, -0.2) is 0 Å². The Bertz CT molecular complexity index is 109. The summed E-state index contributed by atoms with van der Waals surface area (Å²) in [5.74, 6) is 0. The number of hydrogen-bond acceptors (Lipinski definition) is 4. The van der Waals surface area contributed by atoms with Gasteiger partial charge in [0.15, 0.2) is 0 Å². The number of epoxide rings is 2. The zero-order chi connectivity index (χ0) is 8.27. The predicted molar refractivity (Wildman–Crippen MR) is 38.2 cm³/mol. The second-order valence-corrected chi connectivity index (χ2v) is 2.77. The highest BCUT2D eigenvalue weighted by molar-refractivity contribution is 4.76. The van der Waals surface area contributed by atoms with E-state index >= 15 is 0 Å². The van der Waals surface area contributed by atoms with Crippen molar-refractivity contribution in [3.63, 3.8) is 0 Å². The lowest BCUT2D eigenvalue weighted by atomic mass is 10.3. The van der Waals surface area contributed by atoms with Gasteiger partial charge in [-0.15, -0.1) is 0 Å². The molecule has 3 atom stereocenters. The highest BCUT2D eigenvalue weighted by Gasteiger charge is 2.30. The molecular weight excluding hydrogens is 148 g/mol. The summed E-state index contributed by atoms with van der Waals surface area (Å²) in [5, 5.41) is 16.8. The fraction of sp³-hybridized carbons (Fsp3) is 1.00. The molecule has 0 aromatic carbocycles. The van der Waals surface area contributed by atoms with Crippen LogP contribution in [0, 0.1) is 0 Å². The second kappa shape index (κ2) is 4.01. The molecule has 2 fully saturated rings. The van der Waals surface area contributed by atoms with Gasteiger partial charge >= 0.3 is 0 Å². The number of ether oxygens (including phenoxy) is 2. The normalized spacial score (nSPS) is 35.2. The summed E-state index contributed by atoms with van der Waals surface area (Å²) in [5.41, 5.74) is 0. The first-order chi connectivity index (χ1) is 5.24. The largest absolute Gasteiger partial charge is 0.394 e. The Hall–Kier alpha value is -0.160. The van der Waals surface area contributed by atoms with E-state index < -0.39 is 6.10 Å². The van der Waals surface area contributed by atoms with Crippen LogP contribution in [0.3, 0.4) is 0 Å². The van der Waals surface area contributed by atoms with Crippen LogP contribution >= 0.6 is 0 Å². The molecule has 0 aromatic heterocycles. The zero-order valence-corrected chi connectivity index (χ0v) is 6.56. The summed E-state index contributed by atoms with van der Waals surface area (Å²) in [6.45, 7) is 3.45. The van der Waals surface area contributed by atoms with Crippen molar-refractivity contribution < 1.29 is 19.7 Å². The molecule has 2 aliphatic heterocycles. The molecule has 0 radical (unpaired) electrons. The SMILES string of the molecule is CC1CO1.OCC(O)C1CO1. The van der Waals surface area contributed by atoms with Crippen molar-refractivity contribution >= 4 is 0 Å². The lowest BCUT2D eigenvalue weighted by Crippen LogP contribution is -2.18. The Morgan fingerprint density at radius 1 is 1.45 bits per heavy atom. The summed E-state index contributed by atoms with van der Waals surface area (Å²) >= 11 is 0. The third-order valence-electron chi connectivity index (χ3n) is 1.48. The Morgan fingerprint density at radius 2 is 1.91 bits per heavy atom. The van der Waals surface area contributed by atoms with E-state index in [0.717, 1.165) is 6.61 Å². The number of aliphatic hydroxyl groups is 2. The van der Waals surface area contributed by atoms with Gasteiger partial charge in [0.25, 0.3) is 0 Å². The van der Waals surface area contributed by atoms with Crippen LogP contribution in [0.5, 0.6) is 0 Å². The molecule has 2 N–H and O–H groups in total. The summed E-state index contributed by atoms with van der Waals surface area (Å²) in [4.78, 5) is 0. The molecule has 11 heavy (non-hydrogen) atoms. The molecule has 0 bridgehead atoms. The van der Waals surface area contributed by atoms with E-state index in [4.69, 9.17) is 14.9 Å². The lowest BCUT2D eigenvalue weighted by Gasteiger charge is -1.97. The first kappa shape index (κ1) is 8.93. The molecule has 3 unspecified atom stereocenters. The van der Waals surface area contributed by atoms with Crippen molar-refractivity contribution in [3.05, 3.63) is 0 Å². The topological polar surface area (TPSA) is 65.5 Å². The van der Waals surface area contributed by atoms with E-state index in [1.54, 1.807) is 0 Å². The molecule has 2 rings (SSSR count). The molecule has 4 nitrogen and oxygen atoms in total. The third-order valence-corrected chi connectivity index (χ3v) is 1.48. The average Bonchev–Trinajstić information content (AvgIpc) is 2.78. The quantitative estimate of drug-likeness (QED) is 0.519. The zero-order valence-electron chi connectivity index (χ0n) is 6.56. The van der Waals surface area contributed by atoms with E-state index in [2.05, 4.69) is 11.7 Å². The van der Waals surface area contributed by atoms with Crippen LogP contribution in [0.2, 0.25) is 0 Å². The van der Waals surface area contributed by atoms with Crippen molar-refractivity contribution in [3.8, 4) is 0 Å². The molecule has 0 aromatic rings. The van der Waals surface area contributed by atoms with Crippen LogP contribution in [0.25, 0.3) is 0 Å². The van der Waals surface area contributed by atoms with Crippen LogP contribution in [-0.4, -0.2) is 48.3 Å². The summed E-state index contributed by atoms with van der Waals surface area (Å²) in [7, 11) is 0. The van der Waals surface area contributed by atoms with E-state index in [9.17, 15) is 0 Å². The average molecular weight is 162 g/mol. The van der Waals surface area contributed by atoms with Gasteiger partial charge in [0.1, 0.15) is 12.2 Å². The van der Waals surface area contributed by atoms with Gasteiger partial charge < -0.3 is 19.7 Å². The molecule has 2 aliphatic rings. The molecule has 4 heteroatoms. The maximum absolute atomic E-state index is 8.62. The van der Waals surface area contributed by atoms with Crippen molar-refractivity contribution in [1.82, 2.24) is 0 Å². The molecule has 0 aliphatic carbocycles. The first-order valence-corrected chi connectivity index (χ1v) is 3.76. The van der Waals surface area contributed by atoms with Gasteiger partial charge in [0.2, 0.25) is 0 Å². The van der Waals surface area contributed by atoms with E-state index in [1.165, 1.54) is 0 Å². The third kappa shape index (κ3) is 4.31. The van der Waals surface area contributed by atoms with Gasteiger partial charge in [0, 0.05) is 0 Å². The Morgan fingerprint density at radius 3 is 2.00 bits per heavy atom. The molecule has 0 amide bonds. The lowest BCUT2D eigenvalue weighted by molar-refractivity contribution is 0.0706. The number of aliphatic hydroxyl groups excluding tert-OH is 2. The Balaban J connectivity index is 0.000000128. The predicted octanol–water partition coefficient (Wildman–Crippen LogP) is -0.857. The van der Waals surface area contributed by atoms with Crippen LogP contribution in [0.15, 0.2) is 0 Å². The van der Waals surface area contributed by atoms with Crippen molar-refractivity contribution in [2.45, 2.75) is 25.2 Å². The van der Waals surface area contributed by atoms with Gasteiger partial charge in [-0.3, -0.25) is 0 Å². The summed E-state index contributed by atoms with van der Waals surface area (Å²) in [6.07, 6.45) is -0.148. The van der Waals surface area contributed by atoms with Crippen LogP contribution in [-0.2, 0) is 9.47 Å². The molecule has 66 valence electrons. The fourth-order valence-electron chi connectivity index (χ4n) is 0.491. The summed E-state index contributed by atoms with van der Waals surface area (Å²) < 4.78 is 9.36. The molecule has 2 saturated heterocycles. The van der Waals surface area contributed by atoms with Gasteiger partial charge in [-0.1, -0.05) is 0 Å². The van der Waals surface area contributed by atoms with Crippen LogP contribution < -0.4 is 0 Å². The molecular formula is C7H14O4. The van der Waals surface area contributed by atoms with Crippen molar-refractivity contribution in [1.29, 1.82) is 0 Å². The number of rotatable bonds is 2. The van der Waals surface area contributed by atoms with E-state index in [-0.39, 0.29) is 12.7 Å². The van der Waals surface area contributed by atoms with Gasteiger partial charge in [-0.2, -0.15) is 0 Å². The van der Waals surface area contributed by atoms with E-state index in [1.807, 2.05) is 0 Å². The van der Waals surface area contributed by atoms with E-state index in [0.29, 0.717) is 12.7 Å². The highest BCUT2D eigenvalue weighted by Crippen LogP contribution is 2.12. The second-order valence-electron chi connectivity index (χ2n) is 2.77. The van der Waals surface area contributed by atoms with Crippen LogP contribution in [0.1, 0.15) is 6.92 Å². The summed E-state index contributed by atoms with van der Waals surface area (Å²) in [6, 6.07) is 0. The minimum absolute atomic E-state index is 0.0787. The van der Waals surface area contributed by atoms with Gasteiger partial charge in [-0.05, 0) is 6.92 Å². The molecule has 0 spiro atoms. The smallest absolute Gasteiger partial charge is 0.109 e. The fourth-order valence-corrected chi connectivity index (χ4v) is 0.491.